The van der Waals surface area contributed by atoms with Gasteiger partial charge < -0.3 is 25.4 Å². The maximum absolute atomic E-state index is 13.7. The van der Waals surface area contributed by atoms with E-state index in [1.807, 2.05) is 42.5 Å². The van der Waals surface area contributed by atoms with Gasteiger partial charge in [0.05, 0.1) is 25.8 Å². The van der Waals surface area contributed by atoms with Gasteiger partial charge in [-0.2, -0.15) is 0 Å². The van der Waals surface area contributed by atoms with Crippen LogP contribution in [0.4, 0.5) is 10.8 Å². The number of methoxy groups -OCH3 is 1. The third kappa shape index (κ3) is 9.91. The second-order valence-corrected chi connectivity index (χ2v) is 12.7. The summed E-state index contributed by atoms with van der Waals surface area (Å²) in [4.78, 5) is 57.5. The van der Waals surface area contributed by atoms with Crippen LogP contribution in [0.5, 0.6) is 5.75 Å². The van der Waals surface area contributed by atoms with E-state index < -0.39 is 17.1 Å². The molecule has 5 rings (SSSR count). The van der Waals surface area contributed by atoms with Crippen molar-refractivity contribution in [2.75, 3.05) is 24.4 Å². The number of aromatic nitrogens is 1. The highest BCUT2D eigenvalue weighted by Crippen LogP contribution is 2.37. The van der Waals surface area contributed by atoms with Gasteiger partial charge in [0, 0.05) is 27.1 Å². The minimum atomic E-state index is -0.675. The third-order valence-electron chi connectivity index (χ3n) is 7.07. The van der Waals surface area contributed by atoms with Crippen LogP contribution in [0.3, 0.4) is 0 Å². The van der Waals surface area contributed by atoms with Crippen LogP contribution < -0.4 is 20.7 Å². The summed E-state index contributed by atoms with van der Waals surface area (Å²) in [6.45, 7) is 2.01. The van der Waals surface area contributed by atoms with Crippen molar-refractivity contribution in [1.82, 2.24) is 10.3 Å². The maximum Gasteiger partial charge on any atom is 0.311 e. The smallest absolute Gasteiger partial charge is 0.311 e. The highest BCUT2D eigenvalue weighted by molar-refractivity contribution is 8.00. The summed E-state index contributed by atoms with van der Waals surface area (Å²) in [5.41, 5.74) is 2.73. The first kappa shape index (κ1) is 35.6. The SMILES string of the molecule is CCOC(=O)Cc1csc(NC(=O)C(Sc2cccc(NC(=O)/C(=C\c3ccccc3OC)NC(=O)c3ccccc3)c2)c2ccccc2)n1. The van der Waals surface area contributed by atoms with Crippen molar-refractivity contribution in [1.29, 1.82) is 0 Å². The average Bonchev–Trinajstić information content (AvgIpc) is 3.57. The lowest BCUT2D eigenvalue weighted by molar-refractivity contribution is -0.142. The molecule has 0 aliphatic carbocycles. The number of thioether (sulfide) groups is 1. The fourth-order valence-electron chi connectivity index (χ4n) is 4.74. The van der Waals surface area contributed by atoms with Crippen molar-refractivity contribution in [3.05, 3.63) is 143 Å². The minimum Gasteiger partial charge on any atom is -0.496 e. The second kappa shape index (κ2) is 17.6. The van der Waals surface area contributed by atoms with E-state index in [0.717, 1.165) is 5.56 Å². The highest BCUT2D eigenvalue weighted by atomic mass is 32.2. The standard InChI is InChI=1S/C38H34N4O6S2/c1-3-48-33(43)23-29-24-49-38(40-29)42-37(46)34(25-13-6-4-7-14-25)50-30-19-12-18-28(22-30)39-36(45)31(21-27-17-10-11-20-32(27)47-2)41-35(44)26-15-8-5-9-16-26/h4-22,24,34H,3,23H2,1-2H3,(H,39,45)(H,41,44)(H,40,42,46)/b31-21+. The van der Waals surface area contributed by atoms with Gasteiger partial charge in [-0.25, -0.2) is 4.98 Å². The molecule has 4 aromatic carbocycles. The first-order chi connectivity index (χ1) is 24.3. The molecule has 0 radical (unpaired) electrons. The van der Waals surface area contributed by atoms with E-state index in [2.05, 4.69) is 20.9 Å². The highest BCUT2D eigenvalue weighted by Gasteiger charge is 2.24. The van der Waals surface area contributed by atoms with Gasteiger partial charge in [-0.05, 0) is 55.0 Å². The van der Waals surface area contributed by atoms with Crippen LogP contribution in [0.25, 0.3) is 6.08 Å². The van der Waals surface area contributed by atoms with E-state index in [0.29, 0.717) is 38.3 Å². The lowest BCUT2D eigenvalue weighted by Crippen LogP contribution is -2.30. The molecule has 3 amide bonds. The summed E-state index contributed by atoms with van der Waals surface area (Å²) in [6, 6.07) is 32.1. The Balaban J connectivity index is 1.35. The van der Waals surface area contributed by atoms with Crippen molar-refractivity contribution in [3.63, 3.8) is 0 Å². The van der Waals surface area contributed by atoms with E-state index in [-0.39, 0.29) is 30.6 Å². The number of ether oxygens (including phenoxy) is 2. The van der Waals surface area contributed by atoms with Gasteiger partial charge in [0.25, 0.3) is 11.8 Å². The molecular formula is C38H34N4O6S2. The molecule has 0 bridgehead atoms. The zero-order valence-corrected chi connectivity index (χ0v) is 28.9. The van der Waals surface area contributed by atoms with Crippen LogP contribution >= 0.6 is 23.1 Å². The average molecular weight is 707 g/mol. The summed E-state index contributed by atoms with van der Waals surface area (Å²) < 4.78 is 10.5. The number of benzene rings is 4. The summed E-state index contributed by atoms with van der Waals surface area (Å²) in [7, 11) is 1.53. The minimum absolute atomic E-state index is 0.00808. The molecule has 0 aliphatic rings. The molecular weight excluding hydrogens is 673 g/mol. The molecule has 1 unspecified atom stereocenters. The van der Waals surface area contributed by atoms with Crippen LogP contribution in [0.15, 0.2) is 125 Å². The lowest BCUT2D eigenvalue weighted by Gasteiger charge is -2.17. The van der Waals surface area contributed by atoms with E-state index in [1.165, 1.54) is 30.2 Å². The van der Waals surface area contributed by atoms with Gasteiger partial charge in [-0.1, -0.05) is 72.8 Å². The van der Waals surface area contributed by atoms with Gasteiger partial charge >= 0.3 is 5.97 Å². The Labute approximate surface area is 297 Å². The first-order valence-electron chi connectivity index (χ1n) is 15.6. The Bertz CT molecular complexity index is 1980. The summed E-state index contributed by atoms with van der Waals surface area (Å²) in [6.07, 6.45) is 1.57. The number of anilines is 2. The van der Waals surface area contributed by atoms with E-state index >= 15 is 0 Å². The van der Waals surface area contributed by atoms with Crippen LogP contribution in [0.2, 0.25) is 0 Å². The van der Waals surface area contributed by atoms with Crippen molar-refractivity contribution in [2.24, 2.45) is 0 Å². The number of nitrogens with one attached hydrogen (secondary N) is 3. The predicted octanol–water partition coefficient (Wildman–Crippen LogP) is 7.14. The maximum atomic E-state index is 13.7. The zero-order chi connectivity index (χ0) is 35.3. The molecule has 12 heteroatoms. The number of thiazole rings is 1. The zero-order valence-electron chi connectivity index (χ0n) is 27.3. The first-order valence-corrected chi connectivity index (χ1v) is 17.3. The Morgan fingerprint density at radius 3 is 2.34 bits per heavy atom. The van der Waals surface area contributed by atoms with Crippen LogP contribution in [-0.2, 0) is 25.5 Å². The van der Waals surface area contributed by atoms with Gasteiger partial charge in [-0.15, -0.1) is 23.1 Å². The molecule has 10 nitrogen and oxygen atoms in total. The van der Waals surface area contributed by atoms with E-state index in [4.69, 9.17) is 9.47 Å². The number of rotatable bonds is 14. The number of hydrogen-bond donors (Lipinski definition) is 3. The molecule has 1 aromatic heterocycles. The Morgan fingerprint density at radius 1 is 0.880 bits per heavy atom. The van der Waals surface area contributed by atoms with Crippen molar-refractivity contribution in [2.45, 2.75) is 23.5 Å². The molecule has 3 N–H and O–H groups in total. The monoisotopic (exact) mass is 706 g/mol. The predicted molar refractivity (Wildman–Crippen MR) is 196 cm³/mol. The van der Waals surface area contributed by atoms with Gasteiger partial charge in [0.2, 0.25) is 5.91 Å². The Morgan fingerprint density at radius 2 is 1.60 bits per heavy atom. The molecule has 1 atom stereocenters. The molecule has 0 fully saturated rings. The fourth-order valence-corrected chi connectivity index (χ4v) is 6.54. The van der Waals surface area contributed by atoms with Gasteiger partial charge in [0.1, 0.15) is 16.7 Å². The quantitative estimate of drug-likeness (QED) is 0.0630. The third-order valence-corrected chi connectivity index (χ3v) is 9.12. The molecule has 1 heterocycles. The molecule has 0 saturated heterocycles. The normalized spacial score (nSPS) is 11.6. The summed E-state index contributed by atoms with van der Waals surface area (Å²) in [5.74, 6) is -1.17. The number of esters is 1. The van der Waals surface area contributed by atoms with E-state index in [1.54, 1.807) is 85.1 Å². The van der Waals surface area contributed by atoms with Crippen LogP contribution in [-0.4, -0.2) is 42.4 Å². The van der Waals surface area contributed by atoms with E-state index in [9.17, 15) is 19.2 Å². The van der Waals surface area contributed by atoms with Crippen molar-refractivity contribution in [3.8, 4) is 5.75 Å². The molecule has 254 valence electrons. The molecule has 0 spiro atoms. The molecule has 50 heavy (non-hydrogen) atoms. The molecule has 5 aromatic rings. The number of amides is 3. The summed E-state index contributed by atoms with van der Waals surface area (Å²) >= 11 is 2.52. The van der Waals surface area contributed by atoms with Gasteiger partial charge in [0.15, 0.2) is 5.13 Å². The Hall–Kier alpha value is -5.72. The van der Waals surface area contributed by atoms with Crippen molar-refractivity contribution < 1.29 is 28.7 Å². The molecule has 0 aliphatic heterocycles. The number of carbonyl (C=O) groups is 4. The Kier molecular flexibility index (Phi) is 12.5. The van der Waals surface area contributed by atoms with Crippen molar-refractivity contribution >= 4 is 63.7 Å². The number of para-hydroxylation sites is 1. The second-order valence-electron chi connectivity index (χ2n) is 10.6. The topological polar surface area (TPSA) is 136 Å². The van der Waals surface area contributed by atoms with Gasteiger partial charge in [-0.3, -0.25) is 19.2 Å². The summed E-state index contributed by atoms with van der Waals surface area (Å²) in [5, 5.41) is 9.91. The fraction of sp³-hybridized carbons (Fsp3) is 0.132. The molecule has 0 saturated carbocycles. The largest absolute Gasteiger partial charge is 0.496 e. The lowest BCUT2D eigenvalue weighted by atomic mass is 10.1. The van der Waals surface area contributed by atoms with Crippen LogP contribution in [0, 0.1) is 0 Å². The number of hydrogen-bond acceptors (Lipinski definition) is 9. The van der Waals surface area contributed by atoms with Crippen LogP contribution in [0.1, 0.15) is 39.4 Å². The number of nitrogens with zero attached hydrogens (tertiary/aromatic N) is 1. The number of carbonyl (C=O) groups excluding carboxylic acids is 4.